The van der Waals surface area contributed by atoms with E-state index in [1.165, 1.54) is 0 Å². The number of Topliss-reactive ketones (excluding diaryl/α,β-unsaturated/α-hetero) is 1. The van der Waals surface area contributed by atoms with Gasteiger partial charge in [-0.05, 0) is 19.1 Å². The molecule has 0 N–H and O–H groups in total. The second-order valence-corrected chi connectivity index (χ2v) is 5.33. The number of hydrogen-bond acceptors (Lipinski definition) is 2. The summed E-state index contributed by atoms with van der Waals surface area (Å²) < 4.78 is 0. The van der Waals surface area contributed by atoms with Crippen LogP contribution in [0.2, 0.25) is 0 Å². The van der Waals surface area contributed by atoms with Crippen LogP contribution in [-0.2, 0) is 4.79 Å². The number of nitrogens with zero attached hydrogens (tertiary/aromatic N) is 1. The van der Waals surface area contributed by atoms with Crippen LogP contribution in [0.25, 0.3) is 0 Å². The summed E-state index contributed by atoms with van der Waals surface area (Å²) in [4.78, 5) is 25.6. The van der Waals surface area contributed by atoms with E-state index >= 15 is 0 Å². The molecule has 3 nitrogen and oxygen atoms in total. The number of benzene rings is 1. The third-order valence-corrected chi connectivity index (χ3v) is 3.44. The molecule has 0 aromatic heterocycles. The van der Waals surface area contributed by atoms with Gasteiger partial charge in [0.25, 0.3) is 5.91 Å². The first kappa shape index (κ1) is 12.8. The molecule has 1 aromatic carbocycles. The summed E-state index contributed by atoms with van der Waals surface area (Å²) in [5.41, 5.74) is 1.85. The molecule has 1 saturated heterocycles. The van der Waals surface area contributed by atoms with E-state index in [4.69, 9.17) is 0 Å². The maximum Gasteiger partial charge on any atom is 0.253 e. The van der Waals surface area contributed by atoms with Gasteiger partial charge in [-0.2, -0.15) is 0 Å². The van der Waals surface area contributed by atoms with Crippen molar-refractivity contribution in [2.45, 2.75) is 20.8 Å². The van der Waals surface area contributed by atoms with Crippen molar-refractivity contribution in [3.63, 3.8) is 0 Å². The van der Waals surface area contributed by atoms with Crippen LogP contribution in [0.1, 0.15) is 29.8 Å². The second-order valence-electron chi connectivity index (χ2n) is 5.33. The van der Waals surface area contributed by atoms with Gasteiger partial charge in [-0.1, -0.05) is 31.5 Å². The monoisotopic (exact) mass is 245 g/mol. The molecule has 0 saturated carbocycles. The van der Waals surface area contributed by atoms with E-state index in [1.807, 2.05) is 45.0 Å². The van der Waals surface area contributed by atoms with Crippen LogP contribution in [0, 0.1) is 18.8 Å². The van der Waals surface area contributed by atoms with Crippen LogP contribution < -0.4 is 0 Å². The van der Waals surface area contributed by atoms with Gasteiger partial charge in [0.05, 0.1) is 5.92 Å². The molecular formula is C15H19NO2. The molecule has 0 radical (unpaired) electrons. The van der Waals surface area contributed by atoms with E-state index < -0.39 is 0 Å². The molecule has 18 heavy (non-hydrogen) atoms. The van der Waals surface area contributed by atoms with Crippen molar-refractivity contribution in [3.8, 4) is 0 Å². The summed E-state index contributed by atoms with van der Waals surface area (Å²) >= 11 is 0. The largest absolute Gasteiger partial charge is 0.337 e. The number of rotatable bonds is 3. The third-order valence-electron chi connectivity index (χ3n) is 3.44. The Morgan fingerprint density at radius 1 is 1.17 bits per heavy atom. The van der Waals surface area contributed by atoms with Gasteiger partial charge in [0.1, 0.15) is 5.78 Å². The lowest BCUT2D eigenvalue weighted by Gasteiger charge is -2.39. The van der Waals surface area contributed by atoms with E-state index in [0.29, 0.717) is 18.7 Å². The molecule has 3 heteroatoms. The Bertz CT molecular complexity index is 456. The minimum absolute atomic E-state index is 0.0304. The van der Waals surface area contributed by atoms with Crippen LogP contribution >= 0.6 is 0 Å². The quantitative estimate of drug-likeness (QED) is 0.819. The maximum atomic E-state index is 12.1. The van der Waals surface area contributed by atoms with E-state index in [-0.39, 0.29) is 23.5 Å². The molecule has 1 aromatic rings. The zero-order valence-electron chi connectivity index (χ0n) is 11.1. The lowest BCUT2D eigenvalue weighted by atomic mass is 9.88. The molecule has 0 spiro atoms. The number of ketones is 1. The lowest BCUT2D eigenvalue weighted by Crippen LogP contribution is -2.53. The van der Waals surface area contributed by atoms with Gasteiger partial charge in [-0.3, -0.25) is 9.59 Å². The van der Waals surface area contributed by atoms with Gasteiger partial charge < -0.3 is 4.90 Å². The number of aryl methyl sites for hydroxylation is 1. The van der Waals surface area contributed by atoms with Crippen molar-refractivity contribution in [2.75, 3.05) is 13.1 Å². The zero-order valence-corrected chi connectivity index (χ0v) is 11.1. The van der Waals surface area contributed by atoms with Gasteiger partial charge in [0, 0.05) is 24.6 Å². The predicted octanol–water partition coefficient (Wildman–Crippen LogP) is 2.29. The van der Waals surface area contributed by atoms with Crippen molar-refractivity contribution >= 4 is 11.7 Å². The van der Waals surface area contributed by atoms with Gasteiger partial charge in [-0.15, -0.1) is 0 Å². The highest BCUT2D eigenvalue weighted by Crippen LogP contribution is 2.22. The zero-order chi connectivity index (χ0) is 13.3. The highest BCUT2D eigenvalue weighted by molar-refractivity contribution is 5.96. The SMILES string of the molecule is Cc1ccc(C(=O)N2CC(C(=O)C(C)C)C2)cc1. The molecule has 1 aliphatic rings. The van der Waals surface area contributed by atoms with Gasteiger partial charge in [0.2, 0.25) is 0 Å². The Balaban J connectivity index is 1.94. The van der Waals surface area contributed by atoms with Gasteiger partial charge in [0.15, 0.2) is 0 Å². The fourth-order valence-corrected chi connectivity index (χ4v) is 2.17. The van der Waals surface area contributed by atoms with E-state index in [2.05, 4.69) is 0 Å². The minimum atomic E-state index is 0.0304. The molecule has 0 atom stereocenters. The lowest BCUT2D eigenvalue weighted by molar-refractivity contribution is -0.129. The van der Waals surface area contributed by atoms with E-state index in [9.17, 15) is 9.59 Å². The van der Waals surface area contributed by atoms with Crippen LogP contribution in [0.4, 0.5) is 0 Å². The molecule has 96 valence electrons. The third kappa shape index (κ3) is 2.45. The Kier molecular flexibility index (Phi) is 3.50. The Morgan fingerprint density at radius 2 is 1.72 bits per heavy atom. The molecule has 1 heterocycles. The molecule has 0 unspecified atom stereocenters. The van der Waals surface area contributed by atoms with Gasteiger partial charge >= 0.3 is 0 Å². The van der Waals surface area contributed by atoms with Crippen molar-refractivity contribution in [1.82, 2.24) is 4.90 Å². The number of amides is 1. The standard InChI is InChI=1S/C15H19NO2/c1-10(2)14(17)13-8-16(9-13)15(18)12-6-4-11(3)5-7-12/h4-7,10,13H,8-9H2,1-3H3. The fraction of sp³-hybridized carbons (Fsp3) is 0.467. The first-order valence-corrected chi connectivity index (χ1v) is 6.38. The van der Waals surface area contributed by atoms with E-state index in [0.717, 1.165) is 5.56 Å². The second kappa shape index (κ2) is 4.92. The van der Waals surface area contributed by atoms with Gasteiger partial charge in [-0.25, -0.2) is 0 Å². The highest BCUT2D eigenvalue weighted by atomic mass is 16.2. The van der Waals surface area contributed by atoms with Crippen molar-refractivity contribution in [1.29, 1.82) is 0 Å². The summed E-state index contributed by atoms with van der Waals surface area (Å²) in [5, 5.41) is 0. The van der Waals surface area contributed by atoms with Crippen molar-refractivity contribution in [2.24, 2.45) is 11.8 Å². The van der Waals surface area contributed by atoms with Crippen LogP contribution in [0.5, 0.6) is 0 Å². The normalized spacial score (nSPS) is 15.7. The Morgan fingerprint density at radius 3 is 2.22 bits per heavy atom. The molecular weight excluding hydrogens is 226 g/mol. The molecule has 1 aliphatic heterocycles. The van der Waals surface area contributed by atoms with E-state index in [1.54, 1.807) is 4.90 Å². The van der Waals surface area contributed by atoms with Crippen LogP contribution in [-0.4, -0.2) is 29.7 Å². The minimum Gasteiger partial charge on any atom is -0.337 e. The summed E-state index contributed by atoms with van der Waals surface area (Å²) in [7, 11) is 0. The Labute approximate surface area is 108 Å². The number of carbonyl (C=O) groups excluding carboxylic acids is 2. The van der Waals surface area contributed by atoms with Crippen molar-refractivity contribution < 1.29 is 9.59 Å². The first-order valence-electron chi connectivity index (χ1n) is 6.38. The number of hydrogen-bond donors (Lipinski definition) is 0. The topological polar surface area (TPSA) is 37.4 Å². The molecule has 2 rings (SSSR count). The molecule has 0 bridgehead atoms. The number of likely N-dealkylation sites (tertiary alicyclic amines) is 1. The molecule has 1 amide bonds. The fourth-order valence-electron chi connectivity index (χ4n) is 2.17. The van der Waals surface area contributed by atoms with Crippen LogP contribution in [0.15, 0.2) is 24.3 Å². The summed E-state index contributed by atoms with van der Waals surface area (Å²) in [6.45, 7) is 6.96. The molecule has 1 fully saturated rings. The summed E-state index contributed by atoms with van der Waals surface area (Å²) in [6, 6.07) is 7.55. The predicted molar refractivity (Wildman–Crippen MR) is 70.4 cm³/mol. The summed E-state index contributed by atoms with van der Waals surface area (Å²) in [6.07, 6.45) is 0. The molecule has 0 aliphatic carbocycles. The summed E-state index contributed by atoms with van der Waals surface area (Å²) in [5.74, 6) is 0.400. The average molecular weight is 245 g/mol. The smallest absolute Gasteiger partial charge is 0.253 e. The maximum absolute atomic E-state index is 12.1. The average Bonchev–Trinajstić information content (AvgIpc) is 2.27. The first-order chi connectivity index (χ1) is 8.49. The Hall–Kier alpha value is -1.64. The van der Waals surface area contributed by atoms with Crippen molar-refractivity contribution in [3.05, 3.63) is 35.4 Å². The number of carbonyl (C=O) groups is 2. The highest BCUT2D eigenvalue weighted by Gasteiger charge is 2.36. The van der Waals surface area contributed by atoms with Crippen LogP contribution in [0.3, 0.4) is 0 Å².